The molecular formula is C14H20N2O2. The van der Waals surface area contributed by atoms with E-state index in [9.17, 15) is 9.59 Å². The van der Waals surface area contributed by atoms with Crippen LogP contribution in [-0.2, 0) is 0 Å². The summed E-state index contributed by atoms with van der Waals surface area (Å²) in [6, 6.07) is 3.58. The summed E-state index contributed by atoms with van der Waals surface area (Å²) in [6.07, 6.45) is 4.66. The van der Waals surface area contributed by atoms with Crippen LogP contribution in [0.2, 0.25) is 0 Å². The molecule has 98 valence electrons. The predicted octanol–water partition coefficient (Wildman–Crippen LogP) is 2.53. The number of rotatable bonds is 3. The van der Waals surface area contributed by atoms with Gasteiger partial charge in [-0.25, -0.2) is 0 Å². The molecule has 1 heterocycles. The minimum Gasteiger partial charge on any atom is -0.348 e. The van der Waals surface area contributed by atoms with Gasteiger partial charge in [0, 0.05) is 13.0 Å². The smallest absolute Gasteiger partial charge is 0.267 e. The molecule has 0 saturated heterocycles. The molecule has 0 aromatic carbocycles. The molecule has 18 heavy (non-hydrogen) atoms. The first kappa shape index (κ1) is 12.9. The highest BCUT2D eigenvalue weighted by Gasteiger charge is 2.23. The minimum atomic E-state index is -0.110. The number of Topliss-reactive ketones (excluding diaryl/α,β-unsaturated/α-hetero) is 1. The van der Waals surface area contributed by atoms with Crippen LogP contribution in [0.4, 0.5) is 0 Å². The van der Waals surface area contributed by atoms with E-state index in [4.69, 9.17) is 0 Å². The topological polar surface area (TPSA) is 62.0 Å². The number of aromatic nitrogens is 1. The van der Waals surface area contributed by atoms with Gasteiger partial charge in [-0.2, -0.15) is 0 Å². The van der Waals surface area contributed by atoms with Gasteiger partial charge < -0.3 is 10.3 Å². The third-order valence-corrected chi connectivity index (χ3v) is 3.74. The van der Waals surface area contributed by atoms with Gasteiger partial charge in [-0.05, 0) is 30.9 Å². The largest absolute Gasteiger partial charge is 0.348 e. The Labute approximate surface area is 107 Å². The van der Waals surface area contributed by atoms with Crippen molar-refractivity contribution in [2.45, 2.75) is 45.6 Å². The number of nitrogens with one attached hydrogen (secondary N) is 2. The zero-order valence-corrected chi connectivity index (χ0v) is 11.0. The molecule has 2 rings (SSSR count). The lowest BCUT2D eigenvalue weighted by Gasteiger charge is -2.29. The fraction of sp³-hybridized carbons (Fsp3) is 0.571. The molecule has 0 spiro atoms. The number of ketones is 1. The maximum absolute atomic E-state index is 12.0. The molecule has 0 aliphatic heterocycles. The number of amides is 1. The summed E-state index contributed by atoms with van der Waals surface area (Å²) in [4.78, 5) is 26.1. The average Bonchev–Trinajstić information content (AvgIpc) is 2.81. The van der Waals surface area contributed by atoms with Crippen LogP contribution >= 0.6 is 0 Å². The molecule has 0 radical (unpaired) electrons. The molecule has 4 heteroatoms. The molecule has 1 amide bonds. The number of aromatic amines is 1. The fourth-order valence-corrected chi connectivity index (χ4v) is 2.51. The van der Waals surface area contributed by atoms with Gasteiger partial charge in [-0.15, -0.1) is 0 Å². The lowest BCUT2D eigenvalue weighted by molar-refractivity contribution is 0.0906. The lowest BCUT2D eigenvalue weighted by Crippen LogP contribution is -2.41. The van der Waals surface area contributed by atoms with Crippen LogP contribution in [0.1, 0.15) is 60.5 Å². The number of carbonyl (C=O) groups excluding carboxylic acids is 2. The Morgan fingerprint density at radius 3 is 2.50 bits per heavy atom. The van der Waals surface area contributed by atoms with Crippen molar-refractivity contribution in [1.29, 1.82) is 0 Å². The Morgan fingerprint density at radius 1 is 1.22 bits per heavy atom. The highest BCUT2D eigenvalue weighted by Crippen LogP contribution is 2.23. The van der Waals surface area contributed by atoms with Crippen molar-refractivity contribution in [2.24, 2.45) is 5.92 Å². The second-order valence-electron chi connectivity index (χ2n) is 5.18. The van der Waals surface area contributed by atoms with E-state index in [1.54, 1.807) is 12.1 Å². The average molecular weight is 248 g/mol. The van der Waals surface area contributed by atoms with E-state index in [1.165, 1.54) is 26.2 Å². The van der Waals surface area contributed by atoms with Crippen LogP contribution in [0.15, 0.2) is 12.1 Å². The molecule has 2 unspecified atom stereocenters. The second kappa shape index (κ2) is 5.38. The molecule has 1 aromatic rings. The van der Waals surface area contributed by atoms with Crippen molar-refractivity contribution in [3.63, 3.8) is 0 Å². The summed E-state index contributed by atoms with van der Waals surface area (Å²) in [5.74, 6) is 0.367. The van der Waals surface area contributed by atoms with Gasteiger partial charge in [0.1, 0.15) is 5.69 Å². The Morgan fingerprint density at radius 2 is 1.89 bits per heavy atom. The summed E-state index contributed by atoms with van der Waals surface area (Å²) >= 11 is 0. The van der Waals surface area contributed by atoms with Gasteiger partial charge in [-0.3, -0.25) is 9.59 Å². The first-order valence-electron chi connectivity index (χ1n) is 6.58. The van der Waals surface area contributed by atoms with E-state index in [-0.39, 0.29) is 17.7 Å². The van der Waals surface area contributed by atoms with Gasteiger partial charge in [-0.1, -0.05) is 19.8 Å². The highest BCUT2D eigenvalue weighted by molar-refractivity contribution is 5.97. The third-order valence-electron chi connectivity index (χ3n) is 3.74. The zero-order valence-electron chi connectivity index (χ0n) is 11.0. The molecule has 2 N–H and O–H groups in total. The zero-order chi connectivity index (χ0) is 13.1. The van der Waals surface area contributed by atoms with Crippen molar-refractivity contribution in [2.75, 3.05) is 0 Å². The Balaban J connectivity index is 2.00. The number of carbonyl (C=O) groups is 2. The quantitative estimate of drug-likeness (QED) is 0.807. The van der Waals surface area contributed by atoms with E-state index in [1.807, 2.05) is 0 Å². The molecule has 1 aliphatic rings. The number of hydrogen-bond acceptors (Lipinski definition) is 2. The Bertz CT molecular complexity index is 450. The molecule has 0 bridgehead atoms. The monoisotopic (exact) mass is 248 g/mol. The fourth-order valence-electron chi connectivity index (χ4n) is 2.51. The summed E-state index contributed by atoms with van der Waals surface area (Å²) in [6.45, 7) is 3.66. The van der Waals surface area contributed by atoms with Crippen LogP contribution in [0.3, 0.4) is 0 Å². The maximum atomic E-state index is 12.0. The molecule has 1 fully saturated rings. The van der Waals surface area contributed by atoms with Crippen molar-refractivity contribution in [3.8, 4) is 0 Å². The summed E-state index contributed by atoms with van der Waals surface area (Å²) in [5, 5.41) is 3.06. The molecule has 1 aliphatic carbocycles. The minimum absolute atomic E-state index is 0.0555. The van der Waals surface area contributed by atoms with Gasteiger partial charge in [0.05, 0.1) is 5.69 Å². The van der Waals surface area contributed by atoms with Gasteiger partial charge >= 0.3 is 0 Å². The first-order valence-corrected chi connectivity index (χ1v) is 6.58. The molecule has 1 saturated carbocycles. The van der Waals surface area contributed by atoms with E-state index in [0.717, 1.165) is 6.42 Å². The van der Waals surface area contributed by atoms with Crippen LogP contribution in [0, 0.1) is 5.92 Å². The van der Waals surface area contributed by atoms with Gasteiger partial charge in [0.15, 0.2) is 5.78 Å². The molecule has 4 nitrogen and oxygen atoms in total. The molecule has 2 atom stereocenters. The lowest BCUT2D eigenvalue weighted by atomic mass is 9.86. The van der Waals surface area contributed by atoms with E-state index in [2.05, 4.69) is 17.2 Å². The Hall–Kier alpha value is -1.58. The van der Waals surface area contributed by atoms with Crippen LogP contribution in [0.25, 0.3) is 0 Å². The standard InChI is InChI=1S/C14H20N2O2/c1-9-5-3-4-6-11(9)16-14(18)13-8-7-12(15-13)10(2)17/h7-9,11,15H,3-6H2,1-2H3,(H,16,18). The number of hydrogen-bond donors (Lipinski definition) is 2. The predicted molar refractivity (Wildman–Crippen MR) is 69.7 cm³/mol. The van der Waals surface area contributed by atoms with Gasteiger partial charge in [0.25, 0.3) is 5.91 Å². The summed E-state index contributed by atoms with van der Waals surface area (Å²) in [7, 11) is 0. The highest BCUT2D eigenvalue weighted by atomic mass is 16.2. The summed E-state index contributed by atoms with van der Waals surface area (Å²) in [5.41, 5.74) is 0.954. The van der Waals surface area contributed by atoms with E-state index < -0.39 is 0 Å². The number of H-pyrrole nitrogens is 1. The van der Waals surface area contributed by atoms with E-state index >= 15 is 0 Å². The third kappa shape index (κ3) is 2.81. The van der Waals surface area contributed by atoms with Gasteiger partial charge in [0.2, 0.25) is 0 Å². The first-order chi connectivity index (χ1) is 8.58. The molecular weight excluding hydrogens is 228 g/mol. The normalized spacial score (nSPS) is 23.7. The second-order valence-corrected chi connectivity index (χ2v) is 5.18. The van der Waals surface area contributed by atoms with Crippen molar-refractivity contribution < 1.29 is 9.59 Å². The van der Waals surface area contributed by atoms with Crippen molar-refractivity contribution >= 4 is 11.7 Å². The van der Waals surface area contributed by atoms with Crippen LogP contribution in [0.5, 0.6) is 0 Å². The van der Waals surface area contributed by atoms with Crippen molar-refractivity contribution in [1.82, 2.24) is 10.3 Å². The Kier molecular flexibility index (Phi) is 3.84. The van der Waals surface area contributed by atoms with Crippen LogP contribution < -0.4 is 5.32 Å². The van der Waals surface area contributed by atoms with Crippen molar-refractivity contribution in [3.05, 3.63) is 23.5 Å². The SMILES string of the molecule is CC(=O)c1ccc(C(=O)NC2CCCCC2C)[nH]1. The van der Waals surface area contributed by atoms with Crippen LogP contribution in [-0.4, -0.2) is 22.7 Å². The maximum Gasteiger partial charge on any atom is 0.267 e. The summed E-state index contributed by atoms with van der Waals surface area (Å²) < 4.78 is 0. The molecule has 1 aromatic heterocycles. The van der Waals surface area contributed by atoms with E-state index in [0.29, 0.717) is 17.3 Å².